The number of benzene rings is 1. The first-order valence-corrected chi connectivity index (χ1v) is 12.3. The van der Waals surface area contributed by atoms with Crippen molar-refractivity contribution < 1.29 is 13.9 Å². The molecule has 1 unspecified atom stereocenters. The molecule has 0 saturated carbocycles. The summed E-state index contributed by atoms with van der Waals surface area (Å²) in [5.41, 5.74) is 7.78. The Balaban J connectivity index is 1.31. The minimum absolute atomic E-state index is 0.0289. The Kier molecular flexibility index (Phi) is 6.44. The molecule has 5 rings (SSSR count). The van der Waals surface area contributed by atoms with E-state index >= 15 is 0 Å². The first-order chi connectivity index (χ1) is 16.4. The molecule has 34 heavy (non-hydrogen) atoms. The number of aromatic nitrogens is 2. The van der Waals surface area contributed by atoms with Crippen molar-refractivity contribution in [2.24, 2.45) is 5.73 Å². The fraction of sp³-hybridized carbons (Fsp3) is 0.480. The van der Waals surface area contributed by atoms with Crippen molar-refractivity contribution in [1.29, 1.82) is 0 Å². The molecule has 2 aromatic rings. The van der Waals surface area contributed by atoms with E-state index in [4.69, 9.17) is 22.1 Å². The van der Waals surface area contributed by atoms with Crippen molar-refractivity contribution >= 4 is 23.1 Å². The lowest BCUT2D eigenvalue weighted by Gasteiger charge is -2.39. The van der Waals surface area contributed by atoms with Gasteiger partial charge in [-0.05, 0) is 50.8 Å². The molecular weight excluding hydrogens is 457 g/mol. The average Bonchev–Trinajstić information content (AvgIpc) is 3.30. The van der Waals surface area contributed by atoms with Crippen molar-refractivity contribution in [3.05, 3.63) is 58.5 Å². The van der Waals surface area contributed by atoms with Crippen LogP contribution in [0, 0.1) is 5.82 Å². The van der Waals surface area contributed by atoms with Crippen LogP contribution in [0.1, 0.15) is 55.2 Å². The highest BCUT2D eigenvalue weighted by atomic mass is 35.5. The van der Waals surface area contributed by atoms with E-state index in [9.17, 15) is 9.18 Å². The summed E-state index contributed by atoms with van der Waals surface area (Å²) in [5.74, 6) is 0.0655. The second-order valence-electron chi connectivity index (χ2n) is 9.36. The molecule has 180 valence electrons. The van der Waals surface area contributed by atoms with Gasteiger partial charge in [-0.15, -0.1) is 0 Å². The van der Waals surface area contributed by atoms with Crippen LogP contribution in [0.4, 0.5) is 4.39 Å². The maximum atomic E-state index is 14.2. The average molecular weight is 486 g/mol. The minimum Gasteiger partial charge on any atom is -0.489 e. The van der Waals surface area contributed by atoms with Crippen LogP contribution >= 0.6 is 11.6 Å². The van der Waals surface area contributed by atoms with E-state index in [2.05, 4.69) is 21.8 Å². The largest absolute Gasteiger partial charge is 0.489 e. The van der Waals surface area contributed by atoms with Crippen LogP contribution in [-0.4, -0.2) is 63.5 Å². The number of piperidine rings is 1. The number of halogens is 2. The molecule has 2 N–H and O–H groups in total. The second-order valence-corrected chi connectivity index (χ2v) is 9.80. The van der Waals surface area contributed by atoms with Gasteiger partial charge in [-0.25, -0.2) is 14.4 Å². The zero-order valence-electron chi connectivity index (χ0n) is 19.2. The molecule has 3 atom stereocenters. The Morgan fingerprint density at radius 2 is 1.91 bits per heavy atom. The van der Waals surface area contributed by atoms with E-state index in [0.29, 0.717) is 45.5 Å². The van der Waals surface area contributed by atoms with Crippen LogP contribution in [-0.2, 0) is 0 Å². The summed E-state index contributed by atoms with van der Waals surface area (Å²) >= 11 is 5.89. The smallest absolute Gasteiger partial charge is 0.258 e. The van der Waals surface area contributed by atoms with E-state index in [0.717, 1.165) is 25.8 Å². The molecule has 0 radical (unpaired) electrons. The highest BCUT2D eigenvalue weighted by Crippen LogP contribution is 2.38. The van der Waals surface area contributed by atoms with Gasteiger partial charge in [0.05, 0.1) is 23.7 Å². The van der Waals surface area contributed by atoms with Crippen molar-refractivity contribution in [3.63, 3.8) is 0 Å². The summed E-state index contributed by atoms with van der Waals surface area (Å²) < 4.78 is 20.5. The topological polar surface area (TPSA) is 84.6 Å². The van der Waals surface area contributed by atoms with Gasteiger partial charge in [0.2, 0.25) is 0 Å². The third kappa shape index (κ3) is 4.49. The molecule has 7 nitrogen and oxygen atoms in total. The lowest BCUT2D eigenvalue weighted by molar-refractivity contribution is 0.0482. The van der Waals surface area contributed by atoms with E-state index < -0.39 is 5.82 Å². The molecule has 2 saturated heterocycles. The van der Waals surface area contributed by atoms with Crippen LogP contribution < -0.4 is 10.5 Å². The van der Waals surface area contributed by atoms with Gasteiger partial charge in [-0.3, -0.25) is 9.69 Å². The number of amides is 1. The first-order valence-electron chi connectivity index (χ1n) is 11.9. The molecular formula is C25H29ClFN5O2. The summed E-state index contributed by atoms with van der Waals surface area (Å²) in [6, 6.07) is 5.12. The fourth-order valence-corrected chi connectivity index (χ4v) is 5.64. The Morgan fingerprint density at radius 1 is 1.21 bits per heavy atom. The van der Waals surface area contributed by atoms with Gasteiger partial charge >= 0.3 is 0 Å². The number of nitrogens with two attached hydrogens (primary N) is 1. The van der Waals surface area contributed by atoms with Crippen molar-refractivity contribution in [2.75, 3.05) is 19.6 Å². The monoisotopic (exact) mass is 485 g/mol. The molecule has 9 heteroatoms. The molecule has 3 aliphatic rings. The van der Waals surface area contributed by atoms with Crippen molar-refractivity contribution in [3.8, 4) is 5.75 Å². The summed E-state index contributed by atoms with van der Waals surface area (Å²) in [5, 5.41) is 0.427. The Morgan fingerprint density at radius 3 is 2.59 bits per heavy atom. The van der Waals surface area contributed by atoms with E-state index in [1.165, 1.54) is 43.4 Å². The van der Waals surface area contributed by atoms with Crippen LogP contribution in [0.5, 0.6) is 5.75 Å². The van der Waals surface area contributed by atoms with Gasteiger partial charge in [0.15, 0.2) is 5.82 Å². The van der Waals surface area contributed by atoms with Gasteiger partial charge in [0, 0.05) is 41.8 Å². The Labute approximate surface area is 203 Å². The first kappa shape index (κ1) is 23.1. The molecule has 2 fully saturated rings. The molecule has 1 aromatic carbocycles. The van der Waals surface area contributed by atoms with Crippen molar-refractivity contribution in [1.82, 2.24) is 19.8 Å². The minimum atomic E-state index is -0.424. The molecule has 4 heterocycles. The number of hydrogen-bond donors (Lipinski definition) is 1. The predicted octanol–water partition coefficient (Wildman–Crippen LogP) is 3.88. The van der Waals surface area contributed by atoms with Gasteiger partial charge < -0.3 is 15.4 Å². The van der Waals surface area contributed by atoms with Crippen LogP contribution in [0.3, 0.4) is 0 Å². The van der Waals surface area contributed by atoms with Gasteiger partial charge in [0.25, 0.3) is 5.91 Å². The number of ether oxygens (including phenoxy) is 1. The zero-order valence-corrected chi connectivity index (χ0v) is 20.0. The molecule has 2 bridgehead atoms. The molecule has 3 aliphatic heterocycles. The van der Waals surface area contributed by atoms with E-state index in [1.807, 2.05) is 0 Å². The maximum absolute atomic E-state index is 14.2. The maximum Gasteiger partial charge on any atom is 0.258 e. The third-order valence-corrected chi connectivity index (χ3v) is 7.26. The number of hydrogen-bond acceptors (Lipinski definition) is 6. The van der Waals surface area contributed by atoms with Gasteiger partial charge in [-0.2, -0.15) is 0 Å². The highest BCUT2D eigenvalue weighted by molar-refractivity contribution is 6.30. The zero-order chi connectivity index (χ0) is 23.8. The molecule has 1 amide bonds. The molecule has 0 aliphatic carbocycles. The fourth-order valence-electron chi connectivity index (χ4n) is 5.54. The number of carbonyl (C=O) groups is 1. The van der Waals surface area contributed by atoms with Gasteiger partial charge in [0.1, 0.15) is 17.7 Å². The number of nitrogens with zero attached hydrogens (tertiary/aromatic N) is 4. The SMILES string of the molecule is CCCN1[C@@H]2CC[C@H]1CC(Oc1cc(F)ccc1C(=O)N1CC(N)=C(c3ncc(Cl)cn3)C1)C2. The third-order valence-electron chi connectivity index (χ3n) is 7.07. The Bertz CT molecular complexity index is 1090. The van der Waals surface area contributed by atoms with Gasteiger partial charge in [-0.1, -0.05) is 18.5 Å². The number of rotatable bonds is 6. The summed E-state index contributed by atoms with van der Waals surface area (Å²) in [6.07, 6.45) is 8.25. The second kappa shape index (κ2) is 9.50. The van der Waals surface area contributed by atoms with Crippen molar-refractivity contribution in [2.45, 2.75) is 57.2 Å². The number of fused-ring (bicyclic) bond motifs is 2. The van der Waals surface area contributed by atoms with Crippen LogP contribution in [0.15, 0.2) is 36.3 Å². The highest BCUT2D eigenvalue weighted by Gasteiger charge is 2.41. The predicted molar refractivity (Wildman–Crippen MR) is 128 cm³/mol. The number of carbonyl (C=O) groups excluding carboxylic acids is 1. The normalized spacial score (nSPS) is 24.7. The molecule has 0 spiro atoms. The van der Waals surface area contributed by atoms with Crippen LogP contribution in [0.25, 0.3) is 5.57 Å². The lowest BCUT2D eigenvalue weighted by Crippen LogP contribution is -2.46. The standard InChI is InChI=1S/C25H29ClFN5O2/c1-2-7-32-17-4-5-18(32)10-19(9-17)34-23-8-16(27)3-6-20(23)25(33)31-13-21(22(28)14-31)24-29-11-15(26)12-30-24/h3,6,8,11-12,17-19H,2,4-5,7,9-10,13-14,28H2,1H3/t17-,18+,19?. The summed E-state index contributed by atoms with van der Waals surface area (Å²) in [4.78, 5) is 26.1. The quantitative estimate of drug-likeness (QED) is 0.668. The van der Waals surface area contributed by atoms with E-state index in [1.54, 1.807) is 4.90 Å². The summed E-state index contributed by atoms with van der Waals surface area (Å²) in [7, 11) is 0. The molecule has 1 aromatic heterocycles. The van der Waals surface area contributed by atoms with Crippen LogP contribution in [0.2, 0.25) is 5.02 Å². The lowest BCUT2D eigenvalue weighted by atomic mass is 9.99. The summed E-state index contributed by atoms with van der Waals surface area (Å²) in [6.45, 7) is 3.82. The van der Waals surface area contributed by atoms with E-state index in [-0.39, 0.29) is 25.1 Å². The Hall–Kier alpha value is -2.71.